The van der Waals surface area contributed by atoms with Crippen LogP contribution in [0.3, 0.4) is 0 Å². The van der Waals surface area contributed by atoms with Crippen LogP contribution < -0.4 is 20.5 Å². The number of hydrogen-bond acceptors (Lipinski definition) is 9. The molecule has 1 unspecified atom stereocenters. The highest BCUT2D eigenvalue weighted by Gasteiger charge is 2.39. The minimum Gasteiger partial charge on any atom is -0.478 e. The number of rotatable bonds is 8. The monoisotopic (exact) mass is 501 g/mol. The van der Waals surface area contributed by atoms with Crippen molar-refractivity contribution < 1.29 is 36.9 Å². The van der Waals surface area contributed by atoms with Gasteiger partial charge in [0.1, 0.15) is 12.2 Å². The number of halogens is 4. The molecule has 3 rings (SSSR count). The average molecular weight is 501 g/mol. The smallest absolute Gasteiger partial charge is 0.425 e. The lowest BCUT2D eigenvalue weighted by Gasteiger charge is -2.19. The van der Waals surface area contributed by atoms with Gasteiger partial charge in [-0.1, -0.05) is 0 Å². The molecule has 0 aliphatic heterocycles. The summed E-state index contributed by atoms with van der Waals surface area (Å²) in [5.74, 6) is -4.66. The van der Waals surface area contributed by atoms with Gasteiger partial charge in [0, 0.05) is 18.9 Å². The Labute approximate surface area is 194 Å². The molecule has 1 atom stereocenters. The topological polar surface area (TPSA) is 146 Å². The Balaban J connectivity index is 2.14. The Morgan fingerprint density at radius 2 is 1.94 bits per heavy atom. The molecule has 0 saturated carbocycles. The van der Waals surface area contributed by atoms with Crippen molar-refractivity contribution in [2.45, 2.75) is 39.3 Å². The Morgan fingerprint density at radius 1 is 1.26 bits per heavy atom. The van der Waals surface area contributed by atoms with E-state index in [1.54, 1.807) is 6.92 Å². The van der Waals surface area contributed by atoms with E-state index >= 15 is 4.39 Å². The molecule has 35 heavy (non-hydrogen) atoms. The van der Waals surface area contributed by atoms with Gasteiger partial charge in [-0.2, -0.15) is 22.8 Å². The molecule has 0 aliphatic carbocycles. The lowest BCUT2D eigenvalue weighted by atomic mass is 10.2. The summed E-state index contributed by atoms with van der Waals surface area (Å²) in [6.07, 6.45) is -4.84. The summed E-state index contributed by atoms with van der Waals surface area (Å²) < 4.78 is 65.8. The quantitative estimate of drug-likeness (QED) is 0.438. The third-order valence-electron chi connectivity index (χ3n) is 4.60. The lowest BCUT2D eigenvalue weighted by Crippen LogP contribution is -2.33. The van der Waals surface area contributed by atoms with E-state index in [9.17, 15) is 27.9 Å². The molecule has 0 spiro atoms. The van der Waals surface area contributed by atoms with Gasteiger partial charge in [0.15, 0.2) is 29.4 Å². The normalized spacial score (nSPS) is 12.3. The van der Waals surface area contributed by atoms with Gasteiger partial charge in [-0.05, 0) is 19.9 Å². The van der Waals surface area contributed by atoms with Gasteiger partial charge >= 0.3 is 11.9 Å². The fourth-order valence-corrected chi connectivity index (χ4v) is 2.84. The number of nitrogens with one attached hydrogen (secondary N) is 1. The Bertz CT molecular complexity index is 1290. The summed E-state index contributed by atoms with van der Waals surface area (Å²) >= 11 is 0. The molecule has 188 valence electrons. The summed E-state index contributed by atoms with van der Waals surface area (Å²) in [5.41, 5.74) is -1.65. The van der Waals surface area contributed by atoms with Crippen molar-refractivity contribution in [3.05, 3.63) is 46.1 Å². The van der Waals surface area contributed by atoms with E-state index in [4.69, 9.17) is 9.47 Å². The number of carbonyl (C=O) groups is 1. The number of alkyl halides is 3. The van der Waals surface area contributed by atoms with E-state index in [2.05, 4.69) is 25.4 Å². The zero-order valence-electron chi connectivity index (χ0n) is 18.5. The minimum atomic E-state index is -4.86. The average Bonchev–Trinajstić information content (AvgIpc) is 3.14. The summed E-state index contributed by atoms with van der Waals surface area (Å²) in [6.45, 7) is 1.60. The number of pyridine rings is 1. The van der Waals surface area contributed by atoms with Crippen LogP contribution in [0.25, 0.3) is 5.82 Å². The molecule has 0 fully saturated rings. The fourth-order valence-electron chi connectivity index (χ4n) is 2.84. The Kier molecular flexibility index (Phi) is 7.33. The van der Waals surface area contributed by atoms with Crippen LogP contribution in [0.1, 0.15) is 30.0 Å². The SMILES string of the molecule is CCn1c(CO)nn(-c2nc(OC(C)C(F)(F)F)c(C(=O)Nc3nccnc3OC)cc2F)c1=O. The predicted molar refractivity (Wildman–Crippen MR) is 110 cm³/mol. The fraction of sp³-hybridized carbons (Fsp3) is 0.368. The molecular formula is C19H19F4N7O5. The maximum atomic E-state index is 15.0. The van der Waals surface area contributed by atoms with Crippen molar-refractivity contribution >= 4 is 11.7 Å². The summed E-state index contributed by atoms with van der Waals surface area (Å²) in [6, 6.07) is 0.537. The van der Waals surface area contributed by atoms with E-state index in [1.165, 1.54) is 19.5 Å². The number of aromatic nitrogens is 6. The number of amides is 1. The number of ether oxygens (including phenoxy) is 2. The molecule has 3 aromatic rings. The van der Waals surface area contributed by atoms with Crippen LogP contribution in [0.15, 0.2) is 23.3 Å². The third-order valence-corrected chi connectivity index (χ3v) is 4.60. The summed E-state index contributed by atoms with van der Waals surface area (Å²) in [4.78, 5) is 36.7. The Hall–Kier alpha value is -4.08. The minimum absolute atomic E-state index is 0.0608. The van der Waals surface area contributed by atoms with Gasteiger partial charge < -0.3 is 19.9 Å². The van der Waals surface area contributed by atoms with E-state index in [0.29, 0.717) is 17.7 Å². The zero-order valence-corrected chi connectivity index (χ0v) is 18.5. The molecule has 3 aromatic heterocycles. The van der Waals surface area contributed by atoms with Gasteiger partial charge in [0.2, 0.25) is 5.88 Å². The highest BCUT2D eigenvalue weighted by molar-refractivity contribution is 6.06. The van der Waals surface area contributed by atoms with Crippen molar-refractivity contribution in [3.8, 4) is 17.6 Å². The molecule has 3 heterocycles. The van der Waals surface area contributed by atoms with Gasteiger partial charge in [0.25, 0.3) is 11.8 Å². The number of aliphatic hydroxyl groups excluding tert-OH is 1. The van der Waals surface area contributed by atoms with Crippen molar-refractivity contribution in [1.29, 1.82) is 0 Å². The first-order chi connectivity index (χ1) is 16.5. The molecule has 12 nitrogen and oxygen atoms in total. The number of anilines is 1. The number of nitrogens with zero attached hydrogens (tertiary/aromatic N) is 6. The molecule has 0 bridgehead atoms. The third kappa shape index (κ3) is 5.21. The van der Waals surface area contributed by atoms with Crippen LogP contribution in [0.5, 0.6) is 11.8 Å². The molecule has 0 radical (unpaired) electrons. The van der Waals surface area contributed by atoms with E-state index in [0.717, 1.165) is 4.57 Å². The van der Waals surface area contributed by atoms with Crippen molar-refractivity contribution in [1.82, 2.24) is 29.3 Å². The number of hydrogen-bond donors (Lipinski definition) is 2. The second-order valence-corrected chi connectivity index (χ2v) is 6.83. The molecule has 0 saturated heterocycles. The van der Waals surface area contributed by atoms with Crippen LogP contribution in [0.4, 0.5) is 23.4 Å². The van der Waals surface area contributed by atoms with Crippen LogP contribution in [0.2, 0.25) is 0 Å². The molecule has 0 aliphatic rings. The first-order valence-corrected chi connectivity index (χ1v) is 9.92. The first-order valence-electron chi connectivity index (χ1n) is 9.92. The lowest BCUT2D eigenvalue weighted by molar-refractivity contribution is -0.190. The van der Waals surface area contributed by atoms with Crippen LogP contribution >= 0.6 is 0 Å². The standard InChI is InChI=1S/C19H19F4N7O5/c1-4-29-12(8-31)28-30(18(29)33)14-11(20)7-10(16(27-14)35-9(2)19(21,22)23)15(32)26-13-17(34-3)25-6-5-24-13/h5-7,9,31H,4,8H2,1-3H3,(H,24,26,32). The summed E-state index contributed by atoms with van der Waals surface area (Å²) in [7, 11) is 1.24. The number of methoxy groups -OCH3 is 1. The number of carbonyl (C=O) groups excluding carboxylic acids is 1. The van der Waals surface area contributed by atoms with Crippen molar-refractivity contribution in [2.24, 2.45) is 0 Å². The first kappa shape index (κ1) is 25.5. The van der Waals surface area contributed by atoms with Gasteiger partial charge in [-0.25, -0.2) is 19.2 Å². The zero-order chi connectivity index (χ0) is 25.9. The van der Waals surface area contributed by atoms with E-state index in [-0.39, 0.29) is 24.1 Å². The number of aliphatic hydroxyl groups is 1. The van der Waals surface area contributed by atoms with Crippen LogP contribution in [-0.4, -0.2) is 59.7 Å². The molecule has 2 N–H and O–H groups in total. The predicted octanol–water partition coefficient (Wildman–Crippen LogP) is 1.46. The molecular weight excluding hydrogens is 482 g/mol. The van der Waals surface area contributed by atoms with Gasteiger partial charge in [0.05, 0.1) is 7.11 Å². The second kappa shape index (κ2) is 10.0. The van der Waals surface area contributed by atoms with Crippen molar-refractivity contribution in [2.75, 3.05) is 12.4 Å². The molecule has 1 amide bonds. The van der Waals surface area contributed by atoms with Crippen LogP contribution in [0, 0.1) is 5.82 Å². The maximum Gasteiger partial charge on any atom is 0.425 e. The highest BCUT2D eigenvalue weighted by Crippen LogP contribution is 2.29. The molecule has 0 aromatic carbocycles. The van der Waals surface area contributed by atoms with E-state index in [1.807, 2.05) is 0 Å². The van der Waals surface area contributed by atoms with Gasteiger partial charge in [-0.15, -0.1) is 5.10 Å². The Morgan fingerprint density at radius 3 is 2.51 bits per heavy atom. The maximum absolute atomic E-state index is 15.0. The molecule has 16 heteroatoms. The van der Waals surface area contributed by atoms with Crippen LogP contribution in [-0.2, 0) is 13.2 Å². The second-order valence-electron chi connectivity index (χ2n) is 6.83. The van der Waals surface area contributed by atoms with E-state index < -0.39 is 53.6 Å². The largest absolute Gasteiger partial charge is 0.478 e. The summed E-state index contributed by atoms with van der Waals surface area (Å²) in [5, 5.41) is 15.4. The van der Waals surface area contributed by atoms with Gasteiger partial charge in [-0.3, -0.25) is 9.36 Å². The van der Waals surface area contributed by atoms with Crippen molar-refractivity contribution in [3.63, 3.8) is 0 Å². The highest BCUT2D eigenvalue weighted by atomic mass is 19.4.